The molecule has 0 saturated carbocycles. The third-order valence-electron chi connectivity index (χ3n) is 3.24. The van der Waals surface area contributed by atoms with Gasteiger partial charge in [-0.15, -0.1) is 0 Å². The molecule has 0 spiro atoms. The summed E-state index contributed by atoms with van der Waals surface area (Å²) in [5.74, 6) is 1.07. The Morgan fingerprint density at radius 1 is 1.25 bits per heavy atom. The molecule has 16 heavy (non-hydrogen) atoms. The first-order valence-electron chi connectivity index (χ1n) is 6.17. The maximum absolute atomic E-state index is 5.23. The van der Waals surface area contributed by atoms with Gasteiger partial charge in [0.15, 0.2) is 4.77 Å². The van der Waals surface area contributed by atoms with Crippen molar-refractivity contribution in [3.8, 4) is 0 Å². The summed E-state index contributed by atoms with van der Waals surface area (Å²) in [6.07, 6.45) is 5.02. The van der Waals surface area contributed by atoms with E-state index in [9.17, 15) is 0 Å². The minimum Gasteiger partial charge on any atom is -0.303 e. The zero-order valence-corrected chi connectivity index (χ0v) is 10.7. The molecule has 0 radical (unpaired) electrons. The number of rotatable bonds is 4. The Labute approximate surface area is 102 Å². The number of nitrogens with zero attached hydrogens (tertiary/aromatic N) is 3. The highest BCUT2D eigenvalue weighted by atomic mass is 32.1. The van der Waals surface area contributed by atoms with Crippen molar-refractivity contribution >= 4 is 12.2 Å². The number of aromatic amines is 1. The Kier molecular flexibility index (Phi) is 4.12. The van der Waals surface area contributed by atoms with Crippen molar-refractivity contribution in [3.63, 3.8) is 0 Å². The number of hydrogen-bond acceptors (Lipinski definition) is 3. The molecule has 2 rings (SSSR count). The average Bonchev–Trinajstić information content (AvgIpc) is 2.69. The van der Waals surface area contributed by atoms with Crippen molar-refractivity contribution in [1.29, 1.82) is 0 Å². The minimum absolute atomic E-state index is 0.758. The summed E-state index contributed by atoms with van der Waals surface area (Å²) in [6.45, 7) is 6.67. The standard InChI is InChI=1S/C11H20N4S/c1-2-10-12-13-11(16)15(10)9-8-14-6-4-3-5-7-14/h2-9H2,1H3,(H,13,16). The van der Waals surface area contributed by atoms with Crippen LogP contribution in [0.15, 0.2) is 0 Å². The number of aromatic nitrogens is 3. The molecule has 2 heterocycles. The molecule has 90 valence electrons. The van der Waals surface area contributed by atoms with E-state index < -0.39 is 0 Å². The molecule has 0 amide bonds. The summed E-state index contributed by atoms with van der Waals surface area (Å²) in [5.41, 5.74) is 0. The topological polar surface area (TPSA) is 36.9 Å². The second kappa shape index (κ2) is 5.59. The molecule has 1 aliphatic heterocycles. The van der Waals surface area contributed by atoms with Crippen LogP contribution in [-0.4, -0.2) is 39.3 Å². The lowest BCUT2D eigenvalue weighted by atomic mass is 10.1. The molecule has 1 aromatic heterocycles. The van der Waals surface area contributed by atoms with Gasteiger partial charge in [-0.3, -0.25) is 5.10 Å². The van der Waals surface area contributed by atoms with Crippen molar-refractivity contribution in [3.05, 3.63) is 10.6 Å². The lowest BCUT2D eigenvalue weighted by Gasteiger charge is -2.26. The maximum atomic E-state index is 5.23. The van der Waals surface area contributed by atoms with E-state index >= 15 is 0 Å². The zero-order chi connectivity index (χ0) is 11.4. The number of likely N-dealkylation sites (tertiary alicyclic amines) is 1. The summed E-state index contributed by atoms with van der Waals surface area (Å²) >= 11 is 5.23. The maximum Gasteiger partial charge on any atom is 0.195 e. The van der Waals surface area contributed by atoms with Crippen LogP contribution in [0.3, 0.4) is 0 Å². The van der Waals surface area contributed by atoms with Gasteiger partial charge in [0.25, 0.3) is 0 Å². The zero-order valence-electron chi connectivity index (χ0n) is 9.91. The largest absolute Gasteiger partial charge is 0.303 e. The molecule has 0 bridgehead atoms. The third kappa shape index (κ3) is 2.71. The first-order chi connectivity index (χ1) is 7.81. The van der Waals surface area contributed by atoms with Crippen LogP contribution in [0.5, 0.6) is 0 Å². The highest BCUT2D eigenvalue weighted by molar-refractivity contribution is 7.71. The van der Waals surface area contributed by atoms with Gasteiger partial charge in [-0.25, -0.2) is 0 Å². The van der Waals surface area contributed by atoms with Gasteiger partial charge in [-0.1, -0.05) is 13.3 Å². The predicted octanol–water partition coefficient (Wildman–Crippen LogP) is 1.99. The van der Waals surface area contributed by atoms with Crippen LogP contribution >= 0.6 is 12.2 Å². The Hall–Kier alpha value is -0.680. The molecule has 1 aromatic rings. The molecule has 1 aliphatic rings. The molecular weight excluding hydrogens is 220 g/mol. The fourth-order valence-corrected chi connectivity index (χ4v) is 2.52. The van der Waals surface area contributed by atoms with Crippen molar-refractivity contribution in [2.45, 2.75) is 39.2 Å². The number of hydrogen-bond donors (Lipinski definition) is 1. The lowest BCUT2D eigenvalue weighted by molar-refractivity contribution is 0.219. The number of H-pyrrole nitrogens is 1. The lowest BCUT2D eigenvalue weighted by Crippen LogP contribution is -2.32. The second-order valence-corrected chi connectivity index (χ2v) is 4.74. The molecule has 0 aromatic carbocycles. The van der Waals surface area contributed by atoms with Crippen LogP contribution in [0, 0.1) is 4.77 Å². The molecule has 4 nitrogen and oxygen atoms in total. The average molecular weight is 240 g/mol. The molecule has 0 atom stereocenters. The quantitative estimate of drug-likeness (QED) is 0.818. The normalized spacial score (nSPS) is 17.8. The predicted molar refractivity (Wildman–Crippen MR) is 67.1 cm³/mol. The number of aryl methyl sites for hydroxylation is 1. The summed E-state index contributed by atoms with van der Waals surface area (Å²) < 4.78 is 2.89. The van der Waals surface area contributed by atoms with Gasteiger partial charge < -0.3 is 9.47 Å². The van der Waals surface area contributed by atoms with Gasteiger partial charge in [-0.2, -0.15) is 5.10 Å². The number of piperidine rings is 1. The SMILES string of the molecule is CCc1n[nH]c(=S)n1CCN1CCCCC1. The third-order valence-corrected chi connectivity index (χ3v) is 3.55. The Morgan fingerprint density at radius 3 is 2.69 bits per heavy atom. The van der Waals surface area contributed by atoms with Crippen molar-refractivity contribution in [2.75, 3.05) is 19.6 Å². The fourth-order valence-electron chi connectivity index (χ4n) is 2.28. The van der Waals surface area contributed by atoms with Crippen LogP contribution in [0.1, 0.15) is 32.0 Å². The summed E-state index contributed by atoms with van der Waals surface area (Å²) in [6, 6.07) is 0. The summed E-state index contributed by atoms with van der Waals surface area (Å²) in [7, 11) is 0. The van der Waals surface area contributed by atoms with E-state index in [2.05, 4.69) is 26.6 Å². The van der Waals surface area contributed by atoms with Crippen molar-refractivity contribution in [2.24, 2.45) is 0 Å². The molecule has 0 unspecified atom stereocenters. The van der Waals surface area contributed by atoms with E-state index in [0.29, 0.717) is 0 Å². The molecule has 1 N–H and O–H groups in total. The van der Waals surface area contributed by atoms with E-state index in [0.717, 1.165) is 30.1 Å². The van der Waals surface area contributed by atoms with Crippen molar-refractivity contribution in [1.82, 2.24) is 19.7 Å². The molecular formula is C11H20N4S. The van der Waals surface area contributed by atoms with E-state index in [-0.39, 0.29) is 0 Å². The highest BCUT2D eigenvalue weighted by Crippen LogP contribution is 2.09. The monoisotopic (exact) mass is 240 g/mol. The van der Waals surface area contributed by atoms with E-state index in [1.165, 1.54) is 32.4 Å². The fraction of sp³-hybridized carbons (Fsp3) is 0.818. The van der Waals surface area contributed by atoms with Gasteiger partial charge in [-0.05, 0) is 38.1 Å². The number of nitrogens with one attached hydrogen (secondary N) is 1. The minimum atomic E-state index is 0.758. The van der Waals surface area contributed by atoms with Crippen LogP contribution < -0.4 is 0 Å². The van der Waals surface area contributed by atoms with Crippen LogP contribution in [0.25, 0.3) is 0 Å². The smallest absolute Gasteiger partial charge is 0.195 e. The van der Waals surface area contributed by atoms with Crippen molar-refractivity contribution < 1.29 is 0 Å². The van der Waals surface area contributed by atoms with Gasteiger partial charge in [0.2, 0.25) is 0 Å². The van der Waals surface area contributed by atoms with E-state index in [4.69, 9.17) is 12.2 Å². The Bertz CT molecular complexity index is 376. The molecule has 1 fully saturated rings. The van der Waals surface area contributed by atoms with Gasteiger partial charge >= 0.3 is 0 Å². The summed E-state index contributed by atoms with van der Waals surface area (Å²) in [5, 5.41) is 7.10. The van der Waals surface area contributed by atoms with Gasteiger partial charge in [0, 0.05) is 19.5 Å². The van der Waals surface area contributed by atoms with E-state index in [1.54, 1.807) is 0 Å². The van der Waals surface area contributed by atoms with Crippen LogP contribution in [0.4, 0.5) is 0 Å². The van der Waals surface area contributed by atoms with Gasteiger partial charge in [0.05, 0.1) is 0 Å². The molecule has 1 saturated heterocycles. The van der Waals surface area contributed by atoms with Crippen LogP contribution in [0.2, 0.25) is 0 Å². The first kappa shape index (κ1) is 11.8. The summed E-state index contributed by atoms with van der Waals surface area (Å²) in [4.78, 5) is 2.53. The van der Waals surface area contributed by atoms with Crippen LogP contribution in [-0.2, 0) is 13.0 Å². The van der Waals surface area contributed by atoms with E-state index in [1.807, 2.05) is 0 Å². The van der Waals surface area contributed by atoms with Gasteiger partial charge in [0.1, 0.15) is 5.82 Å². The Balaban J connectivity index is 1.93. The Morgan fingerprint density at radius 2 is 2.00 bits per heavy atom. The first-order valence-corrected chi connectivity index (χ1v) is 6.58. The highest BCUT2D eigenvalue weighted by Gasteiger charge is 2.11. The molecule has 5 heteroatoms. The second-order valence-electron chi connectivity index (χ2n) is 4.35. The molecule has 0 aliphatic carbocycles.